The molecule has 17 heavy (non-hydrogen) atoms. The van der Waals surface area contributed by atoms with Gasteiger partial charge in [-0.15, -0.1) is 6.07 Å². The van der Waals surface area contributed by atoms with E-state index >= 15 is 0 Å². The van der Waals surface area contributed by atoms with Crippen LogP contribution in [0.25, 0.3) is 0 Å². The first-order valence-electron chi connectivity index (χ1n) is 6.04. The van der Waals surface area contributed by atoms with Crippen LogP contribution in [0.15, 0.2) is 18.2 Å². The van der Waals surface area contributed by atoms with Crippen LogP contribution in [0.4, 0.5) is 5.69 Å². The van der Waals surface area contributed by atoms with Crippen molar-refractivity contribution in [1.29, 1.82) is 0 Å². The minimum absolute atomic E-state index is 0. The second kappa shape index (κ2) is 8.38. The Morgan fingerprint density at radius 2 is 1.82 bits per heavy atom. The summed E-state index contributed by atoms with van der Waals surface area (Å²) >= 11 is 0. The molecule has 0 atom stereocenters. The van der Waals surface area contributed by atoms with Crippen LogP contribution in [0.5, 0.6) is 0 Å². The van der Waals surface area contributed by atoms with Gasteiger partial charge in [-0.2, -0.15) is 23.8 Å². The number of nitrogens with zero attached hydrogens (tertiary/aromatic N) is 1. The quantitative estimate of drug-likeness (QED) is 0.558. The van der Waals surface area contributed by atoms with Crippen LogP contribution < -0.4 is 21.9 Å². The van der Waals surface area contributed by atoms with E-state index in [9.17, 15) is 0 Å². The standard InChI is InChI=1S/C14H20N.BrH.Mg/c1-12(2)13-7-6-8-14(11-13)15-9-4-3-5-10-15;;/h6-7,11-12H,3-5,9-10H2,1-2H3;1H;/q-1;;+2/p-1. The molecule has 0 unspecified atom stereocenters. The predicted molar refractivity (Wildman–Crippen MR) is 71.2 cm³/mol. The Morgan fingerprint density at radius 3 is 2.41 bits per heavy atom. The molecule has 1 aliphatic heterocycles. The van der Waals surface area contributed by atoms with Gasteiger partial charge in [0.15, 0.2) is 0 Å². The van der Waals surface area contributed by atoms with Gasteiger partial charge in [0.1, 0.15) is 0 Å². The first-order chi connectivity index (χ1) is 7.27. The third kappa shape index (κ3) is 4.80. The Hall–Kier alpha value is 0.266. The predicted octanol–water partition coefficient (Wildman–Crippen LogP) is 0.224. The molecule has 0 N–H and O–H groups in total. The SMILES string of the molecule is CC(C)c1cc[c-]c(N2CCCCC2)c1.[Br-].[Mg+2]. The summed E-state index contributed by atoms with van der Waals surface area (Å²) < 4.78 is 0. The molecule has 0 bridgehead atoms. The molecule has 0 saturated carbocycles. The van der Waals surface area contributed by atoms with E-state index in [0.717, 1.165) is 0 Å². The Labute approximate surface area is 132 Å². The van der Waals surface area contributed by atoms with Crippen LogP contribution in [-0.2, 0) is 0 Å². The van der Waals surface area contributed by atoms with Crippen molar-refractivity contribution < 1.29 is 17.0 Å². The summed E-state index contributed by atoms with van der Waals surface area (Å²) in [7, 11) is 0. The fraction of sp³-hybridized carbons (Fsp3) is 0.571. The van der Waals surface area contributed by atoms with E-state index in [2.05, 4.69) is 43.0 Å². The van der Waals surface area contributed by atoms with Gasteiger partial charge in [-0.3, -0.25) is 0 Å². The van der Waals surface area contributed by atoms with E-state index in [1.54, 1.807) is 0 Å². The summed E-state index contributed by atoms with van der Waals surface area (Å²) in [6.45, 7) is 6.90. The second-order valence-electron chi connectivity index (χ2n) is 4.71. The maximum Gasteiger partial charge on any atom is 2.00 e. The van der Waals surface area contributed by atoms with Crippen molar-refractivity contribution in [2.24, 2.45) is 0 Å². The molecule has 1 aliphatic rings. The summed E-state index contributed by atoms with van der Waals surface area (Å²) in [4.78, 5) is 2.47. The van der Waals surface area contributed by atoms with Crippen LogP contribution in [0.3, 0.4) is 0 Å². The largest absolute Gasteiger partial charge is 2.00 e. The van der Waals surface area contributed by atoms with Gasteiger partial charge in [0.25, 0.3) is 0 Å². The third-order valence-corrected chi connectivity index (χ3v) is 3.17. The maximum atomic E-state index is 3.36. The molecule has 0 spiro atoms. The fourth-order valence-electron chi connectivity index (χ4n) is 2.15. The van der Waals surface area contributed by atoms with Crippen molar-refractivity contribution in [3.05, 3.63) is 29.8 Å². The van der Waals surface area contributed by atoms with Crippen LogP contribution in [0.1, 0.15) is 44.6 Å². The van der Waals surface area contributed by atoms with Crippen LogP contribution in [0, 0.1) is 6.07 Å². The molecule has 0 radical (unpaired) electrons. The molecule has 0 amide bonds. The number of anilines is 1. The van der Waals surface area contributed by atoms with Gasteiger partial charge >= 0.3 is 23.1 Å². The van der Waals surface area contributed by atoms with Crippen molar-refractivity contribution in [2.75, 3.05) is 18.0 Å². The molecule has 1 aromatic carbocycles. The number of hydrogen-bond donors (Lipinski definition) is 0. The smallest absolute Gasteiger partial charge is 1.00 e. The van der Waals surface area contributed by atoms with E-state index in [0.29, 0.717) is 5.92 Å². The van der Waals surface area contributed by atoms with E-state index in [-0.39, 0.29) is 40.0 Å². The third-order valence-electron chi connectivity index (χ3n) is 3.17. The molecule has 1 aromatic rings. The zero-order chi connectivity index (χ0) is 10.7. The minimum atomic E-state index is 0. The number of hydrogen-bond acceptors (Lipinski definition) is 1. The van der Waals surface area contributed by atoms with Crippen molar-refractivity contribution in [2.45, 2.75) is 39.0 Å². The van der Waals surface area contributed by atoms with Gasteiger partial charge in [0.05, 0.1) is 0 Å². The van der Waals surface area contributed by atoms with Crippen LogP contribution in [-0.4, -0.2) is 36.1 Å². The van der Waals surface area contributed by atoms with Crippen molar-refractivity contribution >= 4 is 28.7 Å². The summed E-state index contributed by atoms with van der Waals surface area (Å²) in [5.74, 6) is 0.614. The topological polar surface area (TPSA) is 3.24 Å². The molecule has 1 fully saturated rings. The zero-order valence-electron chi connectivity index (χ0n) is 10.9. The second-order valence-corrected chi connectivity index (χ2v) is 4.71. The van der Waals surface area contributed by atoms with Crippen molar-refractivity contribution in [3.8, 4) is 0 Å². The van der Waals surface area contributed by atoms with E-state index < -0.39 is 0 Å². The Morgan fingerprint density at radius 1 is 1.18 bits per heavy atom. The Balaban J connectivity index is 0.00000128. The van der Waals surface area contributed by atoms with Crippen molar-refractivity contribution in [3.63, 3.8) is 0 Å². The van der Waals surface area contributed by atoms with E-state index in [1.165, 1.54) is 43.6 Å². The van der Waals surface area contributed by atoms with Crippen molar-refractivity contribution in [1.82, 2.24) is 0 Å². The first-order valence-corrected chi connectivity index (χ1v) is 6.04. The summed E-state index contributed by atoms with van der Waals surface area (Å²) in [5.41, 5.74) is 2.72. The molecular formula is C14H20BrMgN. The average molecular weight is 307 g/mol. The summed E-state index contributed by atoms with van der Waals surface area (Å²) in [6, 6.07) is 9.91. The zero-order valence-corrected chi connectivity index (χ0v) is 13.9. The molecular weight excluding hydrogens is 286 g/mol. The average Bonchev–Trinajstić information content (AvgIpc) is 2.30. The first kappa shape index (κ1) is 17.3. The monoisotopic (exact) mass is 305 g/mol. The van der Waals surface area contributed by atoms with Crippen LogP contribution >= 0.6 is 0 Å². The van der Waals surface area contributed by atoms with Gasteiger partial charge < -0.3 is 21.9 Å². The number of rotatable bonds is 2. The Kier molecular flexibility index (Phi) is 8.51. The molecule has 90 valence electrons. The van der Waals surface area contributed by atoms with E-state index in [4.69, 9.17) is 0 Å². The fourth-order valence-corrected chi connectivity index (χ4v) is 2.15. The van der Waals surface area contributed by atoms with Gasteiger partial charge in [-0.05, 0) is 25.2 Å². The van der Waals surface area contributed by atoms with Crippen LogP contribution in [0.2, 0.25) is 0 Å². The summed E-state index contributed by atoms with van der Waals surface area (Å²) in [5, 5.41) is 0. The molecule has 2 rings (SSSR count). The van der Waals surface area contributed by atoms with E-state index in [1.807, 2.05) is 0 Å². The number of piperidine rings is 1. The molecule has 1 nitrogen and oxygen atoms in total. The molecule has 1 heterocycles. The van der Waals surface area contributed by atoms with Gasteiger partial charge in [0.2, 0.25) is 0 Å². The van der Waals surface area contributed by atoms with Gasteiger partial charge in [-0.25, -0.2) is 0 Å². The van der Waals surface area contributed by atoms with Gasteiger partial charge in [0, 0.05) is 13.1 Å². The molecule has 0 aliphatic carbocycles. The molecule has 1 saturated heterocycles. The summed E-state index contributed by atoms with van der Waals surface area (Å²) in [6.07, 6.45) is 4.06. The maximum absolute atomic E-state index is 3.36. The Bertz CT molecular complexity index is 322. The number of benzene rings is 1. The van der Waals surface area contributed by atoms with Gasteiger partial charge in [-0.1, -0.05) is 19.5 Å². The number of halogens is 1. The molecule has 3 heteroatoms. The molecule has 0 aromatic heterocycles. The normalized spacial score (nSPS) is 15.1. The minimum Gasteiger partial charge on any atom is -1.00 e.